The molecule has 0 bridgehead atoms. The molecule has 1 aromatic carbocycles. The maximum atomic E-state index is 12.5. The van der Waals surface area contributed by atoms with Gasteiger partial charge >= 0.3 is 5.97 Å². The highest BCUT2D eigenvalue weighted by Crippen LogP contribution is 2.30. The standard InChI is InChI=1S/C16H16N4O3/c1-3-23-16(22)9-8-10-14(20(2)13(9)17)18-11-6-4-5-7-12(11)19-15(10)21/h4-8,17-18H,3H2,1-2H3,(H,19,21). The Bertz CT molecular complexity index is 870. The quantitative estimate of drug-likeness (QED) is 0.739. The van der Waals surface area contributed by atoms with Gasteiger partial charge in [0.1, 0.15) is 16.9 Å². The van der Waals surface area contributed by atoms with Crippen LogP contribution in [0.3, 0.4) is 0 Å². The molecular weight excluding hydrogens is 296 g/mol. The van der Waals surface area contributed by atoms with Gasteiger partial charge in [0.15, 0.2) is 0 Å². The molecule has 23 heavy (non-hydrogen) atoms. The number of rotatable bonds is 2. The zero-order valence-corrected chi connectivity index (χ0v) is 12.8. The van der Waals surface area contributed by atoms with Gasteiger partial charge in [-0.3, -0.25) is 10.2 Å². The van der Waals surface area contributed by atoms with E-state index < -0.39 is 5.97 Å². The summed E-state index contributed by atoms with van der Waals surface area (Å²) in [5, 5.41) is 14.1. The van der Waals surface area contributed by atoms with Crippen LogP contribution in [0.1, 0.15) is 27.6 Å². The highest BCUT2D eigenvalue weighted by atomic mass is 16.5. The molecule has 0 radical (unpaired) electrons. The number of aromatic nitrogens is 1. The lowest BCUT2D eigenvalue weighted by Gasteiger charge is -2.15. The van der Waals surface area contributed by atoms with Crippen molar-refractivity contribution in [2.45, 2.75) is 6.92 Å². The summed E-state index contributed by atoms with van der Waals surface area (Å²) in [6.45, 7) is 1.89. The van der Waals surface area contributed by atoms with Crippen molar-refractivity contribution in [3.05, 3.63) is 46.9 Å². The normalized spacial score (nSPS) is 12.3. The maximum Gasteiger partial charge on any atom is 0.341 e. The minimum atomic E-state index is -0.620. The Morgan fingerprint density at radius 1 is 1.26 bits per heavy atom. The number of benzene rings is 1. The van der Waals surface area contributed by atoms with Crippen molar-refractivity contribution in [1.82, 2.24) is 4.57 Å². The van der Waals surface area contributed by atoms with Crippen LogP contribution in [-0.2, 0) is 11.8 Å². The van der Waals surface area contributed by atoms with Crippen molar-refractivity contribution < 1.29 is 14.3 Å². The predicted molar refractivity (Wildman–Crippen MR) is 84.9 cm³/mol. The molecule has 0 unspecified atom stereocenters. The summed E-state index contributed by atoms with van der Waals surface area (Å²) in [6.07, 6.45) is 0. The number of hydrogen-bond acceptors (Lipinski definition) is 5. The Morgan fingerprint density at radius 2 is 1.91 bits per heavy atom. The van der Waals surface area contributed by atoms with Crippen molar-refractivity contribution in [2.75, 3.05) is 17.2 Å². The average molecular weight is 312 g/mol. The van der Waals surface area contributed by atoms with Crippen LogP contribution < -0.4 is 16.1 Å². The number of carbonyl (C=O) groups excluding carboxylic acids is 2. The second kappa shape index (κ2) is 5.60. The summed E-state index contributed by atoms with van der Waals surface area (Å²) in [6, 6.07) is 8.66. The molecule has 0 spiro atoms. The van der Waals surface area contributed by atoms with Crippen LogP contribution in [0.25, 0.3) is 0 Å². The number of anilines is 3. The van der Waals surface area contributed by atoms with E-state index in [2.05, 4.69) is 10.6 Å². The largest absolute Gasteiger partial charge is 0.462 e. The highest BCUT2D eigenvalue weighted by molar-refractivity contribution is 6.12. The number of carbonyl (C=O) groups is 2. The third-order valence-corrected chi connectivity index (χ3v) is 3.64. The van der Waals surface area contributed by atoms with Crippen LogP contribution in [0.4, 0.5) is 17.2 Å². The molecule has 0 fully saturated rings. The van der Waals surface area contributed by atoms with Crippen molar-refractivity contribution in [3.63, 3.8) is 0 Å². The van der Waals surface area contributed by atoms with Crippen molar-refractivity contribution in [1.29, 1.82) is 5.41 Å². The van der Waals surface area contributed by atoms with Gasteiger partial charge in [0, 0.05) is 7.05 Å². The molecule has 3 rings (SSSR count). The van der Waals surface area contributed by atoms with Crippen LogP contribution in [0.2, 0.25) is 0 Å². The van der Waals surface area contributed by atoms with E-state index in [9.17, 15) is 9.59 Å². The minimum absolute atomic E-state index is 0.0260. The summed E-state index contributed by atoms with van der Waals surface area (Å²) < 4.78 is 6.42. The van der Waals surface area contributed by atoms with Crippen molar-refractivity contribution in [2.24, 2.45) is 7.05 Å². The van der Waals surface area contributed by atoms with Gasteiger partial charge in [0.2, 0.25) is 0 Å². The number of fused-ring (bicyclic) bond motifs is 2. The highest BCUT2D eigenvalue weighted by Gasteiger charge is 2.24. The molecule has 0 saturated heterocycles. The van der Waals surface area contributed by atoms with Gasteiger partial charge in [-0.2, -0.15) is 0 Å². The van der Waals surface area contributed by atoms with Gasteiger partial charge in [-0.1, -0.05) is 12.1 Å². The lowest BCUT2D eigenvalue weighted by Crippen LogP contribution is -2.29. The van der Waals surface area contributed by atoms with E-state index in [-0.39, 0.29) is 29.1 Å². The molecule has 1 aliphatic rings. The fourth-order valence-corrected chi connectivity index (χ4v) is 2.46. The van der Waals surface area contributed by atoms with Crippen LogP contribution >= 0.6 is 0 Å². The Hall–Kier alpha value is -3.09. The van der Waals surface area contributed by atoms with Crippen LogP contribution in [0.15, 0.2) is 30.3 Å². The molecule has 0 atom stereocenters. The third kappa shape index (κ3) is 2.46. The topological polar surface area (TPSA) is 96.2 Å². The first-order chi connectivity index (χ1) is 11.0. The van der Waals surface area contributed by atoms with E-state index in [0.29, 0.717) is 11.5 Å². The molecule has 1 amide bonds. The third-order valence-electron chi connectivity index (χ3n) is 3.64. The van der Waals surface area contributed by atoms with E-state index in [4.69, 9.17) is 10.1 Å². The smallest absolute Gasteiger partial charge is 0.341 e. The predicted octanol–water partition coefficient (Wildman–Crippen LogP) is 1.99. The monoisotopic (exact) mass is 312 g/mol. The summed E-state index contributed by atoms with van der Waals surface area (Å²) in [4.78, 5) is 24.5. The Labute approximate surface area is 132 Å². The molecule has 2 heterocycles. The van der Waals surface area contributed by atoms with Crippen molar-refractivity contribution in [3.8, 4) is 0 Å². The molecule has 7 nitrogen and oxygen atoms in total. The van der Waals surface area contributed by atoms with Crippen LogP contribution in [0, 0.1) is 5.41 Å². The van der Waals surface area contributed by atoms with E-state index >= 15 is 0 Å². The summed E-state index contributed by atoms with van der Waals surface area (Å²) in [5.74, 6) is -0.519. The Kier molecular flexibility index (Phi) is 3.61. The second-order valence-corrected chi connectivity index (χ2v) is 5.07. The number of para-hydroxylation sites is 2. The van der Waals surface area contributed by atoms with Gasteiger partial charge < -0.3 is 19.9 Å². The first-order valence-corrected chi connectivity index (χ1v) is 7.16. The fourth-order valence-electron chi connectivity index (χ4n) is 2.46. The lowest BCUT2D eigenvalue weighted by molar-refractivity contribution is 0.0523. The van der Waals surface area contributed by atoms with E-state index in [1.54, 1.807) is 20.0 Å². The molecule has 3 N–H and O–H groups in total. The summed E-state index contributed by atoms with van der Waals surface area (Å²) in [7, 11) is 1.62. The molecule has 1 aromatic heterocycles. The summed E-state index contributed by atoms with van der Waals surface area (Å²) in [5.41, 5.74) is 1.66. The van der Waals surface area contributed by atoms with Crippen LogP contribution in [0.5, 0.6) is 0 Å². The zero-order chi connectivity index (χ0) is 16.6. The molecule has 1 aliphatic heterocycles. The summed E-state index contributed by atoms with van der Waals surface area (Å²) >= 11 is 0. The maximum absolute atomic E-state index is 12.5. The number of amides is 1. The van der Waals surface area contributed by atoms with Gasteiger partial charge in [-0.15, -0.1) is 0 Å². The SMILES string of the molecule is CCOC(=O)c1cc2c(n(C)c1=N)Nc1ccccc1NC2=O. The van der Waals surface area contributed by atoms with E-state index in [1.807, 2.05) is 18.2 Å². The Morgan fingerprint density at radius 3 is 2.57 bits per heavy atom. The molecule has 0 saturated carbocycles. The number of nitrogens with zero attached hydrogens (tertiary/aromatic N) is 1. The van der Waals surface area contributed by atoms with E-state index in [0.717, 1.165) is 5.69 Å². The molecular formula is C16H16N4O3. The molecule has 2 aromatic rings. The van der Waals surface area contributed by atoms with Gasteiger partial charge in [0.25, 0.3) is 5.91 Å². The van der Waals surface area contributed by atoms with Crippen molar-refractivity contribution >= 4 is 29.1 Å². The van der Waals surface area contributed by atoms with E-state index in [1.165, 1.54) is 10.6 Å². The zero-order valence-electron chi connectivity index (χ0n) is 12.8. The van der Waals surface area contributed by atoms with Gasteiger partial charge in [-0.05, 0) is 25.1 Å². The molecule has 0 aliphatic carbocycles. The van der Waals surface area contributed by atoms with Gasteiger partial charge in [-0.25, -0.2) is 4.79 Å². The Balaban J connectivity index is 2.19. The average Bonchev–Trinajstić information content (AvgIpc) is 2.67. The first-order valence-electron chi connectivity index (χ1n) is 7.16. The second-order valence-electron chi connectivity index (χ2n) is 5.07. The number of nitrogens with one attached hydrogen (secondary N) is 3. The van der Waals surface area contributed by atoms with Gasteiger partial charge in [0.05, 0.1) is 23.5 Å². The number of hydrogen-bond donors (Lipinski definition) is 3. The first kappa shape index (κ1) is 14.8. The number of esters is 1. The molecule has 118 valence electrons. The molecule has 7 heteroatoms. The number of pyridine rings is 1. The number of ether oxygens (including phenoxy) is 1. The minimum Gasteiger partial charge on any atom is -0.462 e. The van der Waals surface area contributed by atoms with Crippen LogP contribution in [-0.4, -0.2) is 23.1 Å². The fraction of sp³-hybridized carbons (Fsp3) is 0.188. The lowest BCUT2D eigenvalue weighted by atomic mass is 10.1.